The fourth-order valence-corrected chi connectivity index (χ4v) is 8.81. The first-order valence-electron chi connectivity index (χ1n) is 23.4. The molecular weight excluding hydrogens is 1020 g/mol. The van der Waals surface area contributed by atoms with Crippen LogP contribution in [0.2, 0.25) is 0 Å². The van der Waals surface area contributed by atoms with Crippen molar-refractivity contribution in [3.05, 3.63) is 0 Å². The first kappa shape index (κ1) is 61.8. The summed E-state index contributed by atoms with van der Waals surface area (Å²) in [6, 6.07) is 0. The quantitative estimate of drug-likeness (QED) is 0.0507. The van der Waals surface area contributed by atoms with Gasteiger partial charge in [0.2, 0.25) is 0 Å². The Hall–Kier alpha value is -1.36. The molecule has 0 aromatic rings. The zero-order valence-corrected chi connectivity index (χ0v) is 38.9. The van der Waals surface area contributed by atoms with E-state index in [9.17, 15) is 112 Å². The lowest BCUT2D eigenvalue weighted by atomic mass is 9.95. The molecule has 0 aliphatic carbocycles. The Labute approximate surface area is 418 Å². The van der Waals surface area contributed by atoms with Crippen LogP contribution in [-0.4, -0.2) is 362 Å². The highest BCUT2D eigenvalue weighted by molar-refractivity contribution is 4.98. The van der Waals surface area contributed by atoms with Crippen LogP contribution in [0.1, 0.15) is 0 Å². The van der Waals surface area contributed by atoms with E-state index in [2.05, 4.69) is 0 Å². The predicted molar refractivity (Wildman–Crippen MR) is 222 cm³/mol. The Bertz CT molecular complexity index is 1660. The third-order valence-electron chi connectivity index (χ3n) is 13.4. The molecule has 0 bridgehead atoms. The molecule has 34 heteroatoms. The van der Waals surface area contributed by atoms with Crippen LogP contribution in [0.5, 0.6) is 0 Å². The number of hydrogen-bond acceptors (Lipinski definition) is 34. The van der Waals surface area contributed by atoms with Crippen LogP contribution in [0.4, 0.5) is 0 Å². The first-order valence-corrected chi connectivity index (χ1v) is 23.4. The fourth-order valence-electron chi connectivity index (χ4n) is 8.81. The van der Waals surface area contributed by atoms with Gasteiger partial charge < -0.3 is 169 Å². The summed E-state index contributed by atoms with van der Waals surface area (Å²) in [6.07, 6.45) is -62.1. The van der Waals surface area contributed by atoms with Crippen molar-refractivity contribution < 1.29 is 169 Å². The highest BCUT2D eigenvalue weighted by Crippen LogP contribution is 2.35. The summed E-state index contributed by atoms with van der Waals surface area (Å²) in [5.41, 5.74) is 0. The van der Waals surface area contributed by atoms with E-state index in [1.54, 1.807) is 0 Å². The Balaban J connectivity index is 1.18. The lowest BCUT2D eigenvalue weighted by molar-refractivity contribution is -0.388. The third kappa shape index (κ3) is 13.6. The van der Waals surface area contributed by atoms with Crippen LogP contribution in [-0.2, 0) is 56.8 Å². The van der Waals surface area contributed by atoms with E-state index in [4.69, 9.17) is 56.8 Å². The summed E-state index contributed by atoms with van der Waals surface area (Å²) in [7, 11) is 0. The first-order chi connectivity index (χ1) is 35.0. The van der Waals surface area contributed by atoms with Gasteiger partial charge in [-0.3, -0.25) is 0 Å². The fraction of sp³-hybridized carbons (Fsp3) is 1.00. The lowest BCUT2D eigenvalue weighted by Gasteiger charge is -2.49. The minimum Gasteiger partial charge on any atom is -0.394 e. The standard InChI is InChI=1S/C40H70O34/c41-1-9(45)18(50)31(10(46)2-42)71-38-29(61)24(56)32(14(4-44)68-38)72-39-30(62)25(57)33(16(70-39)8-65-35-26(58)17(49)11(47)5-63-35)73-37-28(60)23(55)21(53)15(69-37)7-66-40-34(19(51)12(48)6-64-40)74-36-27(59)22(54)20(52)13(3-43)67-36/h9-62H,1-8H2. The van der Waals surface area contributed by atoms with E-state index in [1.165, 1.54) is 0 Å². The Kier molecular flexibility index (Phi) is 22.7. The zero-order valence-electron chi connectivity index (χ0n) is 38.9. The van der Waals surface area contributed by atoms with Crippen molar-refractivity contribution in [1.82, 2.24) is 0 Å². The van der Waals surface area contributed by atoms with E-state index in [-0.39, 0.29) is 0 Å². The minimum atomic E-state index is -2.29. The molecular formula is C40H70O34. The number of hydrogen-bond donors (Lipinski definition) is 22. The molecule has 74 heavy (non-hydrogen) atoms. The molecule has 6 aliphatic heterocycles. The summed E-state index contributed by atoms with van der Waals surface area (Å²) >= 11 is 0. The predicted octanol–water partition coefficient (Wildman–Crippen LogP) is -15.4. The smallest absolute Gasteiger partial charge is 0.187 e. The number of aliphatic hydroxyl groups is 22. The topological polar surface area (TPSA) is 556 Å². The average molecular weight is 1090 g/mol. The van der Waals surface area contributed by atoms with Gasteiger partial charge in [-0.05, 0) is 0 Å². The van der Waals surface area contributed by atoms with Crippen LogP contribution in [0.15, 0.2) is 0 Å². The van der Waals surface area contributed by atoms with Gasteiger partial charge >= 0.3 is 0 Å². The van der Waals surface area contributed by atoms with E-state index >= 15 is 0 Å². The zero-order chi connectivity index (χ0) is 54.6. The van der Waals surface area contributed by atoms with Gasteiger partial charge in [0.1, 0.15) is 159 Å². The molecule has 0 aromatic heterocycles. The summed E-state index contributed by atoms with van der Waals surface area (Å²) in [6.45, 7) is -6.96. The van der Waals surface area contributed by atoms with Crippen molar-refractivity contribution >= 4 is 0 Å². The maximum atomic E-state index is 11.6. The summed E-state index contributed by atoms with van der Waals surface area (Å²) in [5, 5.41) is 231. The van der Waals surface area contributed by atoms with Crippen molar-refractivity contribution in [3.63, 3.8) is 0 Å². The molecule has 434 valence electrons. The molecule has 6 heterocycles. The second-order valence-corrected chi connectivity index (χ2v) is 18.5. The molecule has 0 spiro atoms. The number of ether oxygens (including phenoxy) is 12. The molecule has 0 aromatic carbocycles. The highest BCUT2D eigenvalue weighted by Gasteiger charge is 2.56. The second-order valence-electron chi connectivity index (χ2n) is 18.5. The van der Waals surface area contributed by atoms with Gasteiger partial charge in [0.05, 0.1) is 52.9 Å². The molecule has 6 aliphatic rings. The molecule has 6 fully saturated rings. The van der Waals surface area contributed by atoms with E-state index in [0.29, 0.717) is 0 Å². The molecule has 6 rings (SSSR count). The average Bonchev–Trinajstić information content (AvgIpc) is 3.39. The summed E-state index contributed by atoms with van der Waals surface area (Å²) in [5.74, 6) is 0. The lowest BCUT2D eigenvalue weighted by Crippen LogP contribution is -2.67. The molecule has 32 unspecified atom stereocenters. The summed E-state index contributed by atoms with van der Waals surface area (Å²) < 4.78 is 67.1. The molecule has 32 atom stereocenters. The number of aliphatic hydroxyl groups excluding tert-OH is 22. The Morgan fingerprint density at radius 3 is 1.32 bits per heavy atom. The maximum absolute atomic E-state index is 11.6. The van der Waals surface area contributed by atoms with Gasteiger partial charge in [-0.1, -0.05) is 0 Å². The monoisotopic (exact) mass is 1090 g/mol. The molecule has 0 radical (unpaired) electrons. The van der Waals surface area contributed by atoms with Gasteiger partial charge in [0, 0.05) is 0 Å². The van der Waals surface area contributed by atoms with E-state index in [0.717, 1.165) is 0 Å². The van der Waals surface area contributed by atoms with Crippen LogP contribution in [0.25, 0.3) is 0 Å². The van der Waals surface area contributed by atoms with Crippen LogP contribution >= 0.6 is 0 Å². The minimum absolute atomic E-state index is 0.560. The van der Waals surface area contributed by atoms with Crippen molar-refractivity contribution in [2.45, 2.75) is 196 Å². The maximum Gasteiger partial charge on any atom is 0.187 e. The molecule has 6 saturated heterocycles. The highest BCUT2D eigenvalue weighted by atomic mass is 16.8. The van der Waals surface area contributed by atoms with Gasteiger partial charge in [-0.25, -0.2) is 0 Å². The van der Waals surface area contributed by atoms with E-state index in [1.807, 2.05) is 0 Å². The molecule has 0 amide bonds. The van der Waals surface area contributed by atoms with Crippen molar-refractivity contribution in [3.8, 4) is 0 Å². The van der Waals surface area contributed by atoms with Crippen molar-refractivity contribution in [2.75, 3.05) is 52.9 Å². The third-order valence-corrected chi connectivity index (χ3v) is 13.4. The molecule has 0 saturated carbocycles. The van der Waals surface area contributed by atoms with Crippen molar-refractivity contribution in [1.29, 1.82) is 0 Å². The van der Waals surface area contributed by atoms with Crippen LogP contribution in [0.3, 0.4) is 0 Å². The van der Waals surface area contributed by atoms with E-state index < -0.39 is 249 Å². The van der Waals surface area contributed by atoms with Gasteiger partial charge in [0.15, 0.2) is 37.7 Å². The Morgan fingerprint density at radius 2 is 0.770 bits per heavy atom. The Morgan fingerprint density at radius 1 is 0.365 bits per heavy atom. The normalized spacial score (nSPS) is 49.2. The van der Waals surface area contributed by atoms with Crippen molar-refractivity contribution in [2.24, 2.45) is 0 Å². The summed E-state index contributed by atoms with van der Waals surface area (Å²) in [4.78, 5) is 0. The van der Waals surface area contributed by atoms with Crippen LogP contribution in [0, 0.1) is 0 Å². The van der Waals surface area contributed by atoms with Crippen LogP contribution < -0.4 is 0 Å². The van der Waals surface area contributed by atoms with Gasteiger partial charge in [-0.15, -0.1) is 0 Å². The molecule has 22 N–H and O–H groups in total. The van der Waals surface area contributed by atoms with Gasteiger partial charge in [-0.2, -0.15) is 0 Å². The SMILES string of the molecule is OCC(O)C(O)C(OC1OC(CO)C(OC2OC(COC3OCC(O)C(O)C3O)C(OC3OC(COC4OCC(O)C(O)C4OC4OC(CO)C(O)C(O)C4O)C(O)C(O)C3O)C(O)C2O)C(O)C1O)C(O)CO. The van der Waals surface area contributed by atoms with Gasteiger partial charge in [0.25, 0.3) is 0 Å². The largest absolute Gasteiger partial charge is 0.394 e. The second kappa shape index (κ2) is 27.2. The molecule has 34 nitrogen and oxygen atoms in total. The number of rotatable bonds is 21.